The van der Waals surface area contributed by atoms with Gasteiger partial charge in [-0.1, -0.05) is 50.2 Å². The van der Waals surface area contributed by atoms with E-state index in [1.54, 1.807) is 24.3 Å². The van der Waals surface area contributed by atoms with Crippen molar-refractivity contribution in [3.8, 4) is 11.5 Å². The van der Waals surface area contributed by atoms with Crippen LogP contribution in [0, 0.1) is 5.92 Å². The van der Waals surface area contributed by atoms with Gasteiger partial charge in [0.05, 0.1) is 0 Å². The summed E-state index contributed by atoms with van der Waals surface area (Å²) in [6, 6.07) is 14.5. The van der Waals surface area contributed by atoms with Crippen LogP contribution < -0.4 is 0 Å². The zero-order chi connectivity index (χ0) is 13.1. The number of phenols is 2. The zero-order valence-electron chi connectivity index (χ0n) is 10.6. The van der Waals surface area contributed by atoms with E-state index in [9.17, 15) is 10.2 Å². The molecule has 18 heavy (non-hydrogen) atoms. The molecule has 2 N–H and O–H groups in total. The fourth-order valence-corrected chi connectivity index (χ4v) is 2.25. The van der Waals surface area contributed by atoms with Gasteiger partial charge in [-0.25, -0.2) is 0 Å². The Labute approximate surface area is 108 Å². The molecule has 2 rings (SSSR count). The van der Waals surface area contributed by atoms with Crippen LogP contribution in [-0.2, 0) is 0 Å². The molecule has 0 aromatic heterocycles. The first-order valence-electron chi connectivity index (χ1n) is 5.97. The molecule has 2 nitrogen and oxygen atoms in total. The minimum Gasteiger partial charge on any atom is -0.508 e. The highest BCUT2D eigenvalue weighted by molar-refractivity contribution is 5.49. The molecule has 0 fully saturated rings. The van der Waals surface area contributed by atoms with E-state index in [1.807, 2.05) is 38.1 Å². The van der Waals surface area contributed by atoms with Gasteiger partial charge >= 0.3 is 0 Å². The Morgan fingerprint density at radius 3 is 1.50 bits per heavy atom. The fraction of sp³-hybridized carbons (Fsp3) is 0.188. The smallest absolute Gasteiger partial charge is 0.119 e. The van der Waals surface area contributed by atoms with Crippen LogP contribution in [0.2, 0.25) is 0 Å². The highest BCUT2D eigenvalue weighted by Gasteiger charge is 2.23. The summed E-state index contributed by atoms with van der Waals surface area (Å²) in [5.41, 5.74) is 1.64. The largest absolute Gasteiger partial charge is 0.508 e. The molecule has 0 aliphatic carbocycles. The first kappa shape index (κ1) is 12.5. The summed E-state index contributed by atoms with van der Waals surface area (Å²) in [6.07, 6.45) is 0. The van der Waals surface area contributed by atoms with Crippen LogP contribution in [0.3, 0.4) is 0 Å². The molecule has 0 amide bonds. The minimum atomic E-state index is -0.0904. The van der Waals surface area contributed by atoms with Crippen LogP contribution in [-0.4, -0.2) is 10.2 Å². The van der Waals surface area contributed by atoms with Crippen molar-refractivity contribution in [1.29, 1.82) is 0 Å². The average Bonchev–Trinajstić information content (AvgIpc) is 2.34. The van der Waals surface area contributed by atoms with Gasteiger partial charge in [-0.15, -0.1) is 0 Å². The van der Waals surface area contributed by atoms with Gasteiger partial charge < -0.3 is 10.2 Å². The van der Waals surface area contributed by atoms with Gasteiger partial charge in [0, 0.05) is 17.0 Å². The Morgan fingerprint density at radius 2 is 1.17 bits per heavy atom. The maximum atomic E-state index is 9.99. The summed E-state index contributed by atoms with van der Waals surface area (Å²) < 4.78 is 0. The van der Waals surface area contributed by atoms with Crippen molar-refractivity contribution in [1.82, 2.24) is 0 Å². The number of hydrogen-bond acceptors (Lipinski definition) is 2. The zero-order valence-corrected chi connectivity index (χ0v) is 10.6. The molecule has 2 aromatic carbocycles. The van der Waals surface area contributed by atoms with Gasteiger partial charge in [-0.05, 0) is 18.1 Å². The normalized spacial score (nSPS) is 11.1. The van der Waals surface area contributed by atoms with Crippen molar-refractivity contribution >= 4 is 0 Å². The molecule has 0 aliphatic heterocycles. The number of rotatable bonds is 3. The molecular formula is C16H17O2. The van der Waals surface area contributed by atoms with Crippen LogP contribution in [0.15, 0.2) is 48.5 Å². The van der Waals surface area contributed by atoms with Gasteiger partial charge in [0.25, 0.3) is 0 Å². The molecular weight excluding hydrogens is 224 g/mol. The van der Waals surface area contributed by atoms with E-state index in [0.29, 0.717) is 0 Å². The molecule has 0 saturated carbocycles. The van der Waals surface area contributed by atoms with Crippen LogP contribution in [0.1, 0.15) is 30.9 Å². The average molecular weight is 241 g/mol. The minimum absolute atomic E-state index is 0.0904. The first-order chi connectivity index (χ1) is 8.61. The predicted molar refractivity (Wildman–Crippen MR) is 72.6 cm³/mol. The molecule has 2 aromatic rings. The third-order valence-corrected chi connectivity index (χ3v) is 3.07. The Hall–Kier alpha value is -1.96. The van der Waals surface area contributed by atoms with Crippen molar-refractivity contribution in [2.45, 2.75) is 19.8 Å². The molecule has 0 spiro atoms. The van der Waals surface area contributed by atoms with Gasteiger partial charge in [0.2, 0.25) is 0 Å². The highest BCUT2D eigenvalue weighted by Crippen LogP contribution is 2.40. The maximum Gasteiger partial charge on any atom is 0.119 e. The van der Waals surface area contributed by atoms with Gasteiger partial charge in [-0.3, -0.25) is 0 Å². The molecule has 0 saturated heterocycles. The van der Waals surface area contributed by atoms with Crippen LogP contribution in [0.25, 0.3) is 0 Å². The van der Waals surface area contributed by atoms with E-state index in [2.05, 4.69) is 0 Å². The van der Waals surface area contributed by atoms with E-state index in [0.717, 1.165) is 17.0 Å². The van der Waals surface area contributed by atoms with Gasteiger partial charge in [-0.2, -0.15) is 0 Å². The second-order valence-corrected chi connectivity index (χ2v) is 4.63. The highest BCUT2D eigenvalue weighted by atomic mass is 16.3. The van der Waals surface area contributed by atoms with Crippen molar-refractivity contribution < 1.29 is 10.2 Å². The summed E-state index contributed by atoms with van der Waals surface area (Å²) in [5, 5.41) is 20.0. The quantitative estimate of drug-likeness (QED) is 0.857. The Morgan fingerprint density at radius 1 is 0.778 bits per heavy atom. The van der Waals surface area contributed by atoms with Crippen LogP contribution >= 0.6 is 0 Å². The lowest BCUT2D eigenvalue weighted by atomic mass is 9.82. The Balaban J connectivity index is 2.55. The molecule has 0 atom stereocenters. The van der Waals surface area contributed by atoms with Crippen molar-refractivity contribution in [2.24, 2.45) is 0 Å². The second kappa shape index (κ2) is 5.13. The third-order valence-electron chi connectivity index (χ3n) is 3.07. The topological polar surface area (TPSA) is 40.5 Å². The third kappa shape index (κ3) is 2.33. The lowest BCUT2D eigenvalue weighted by Gasteiger charge is -2.23. The maximum absolute atomic E-state index is 9.99. The molecule has 2 heteroatoms. The number of aromatic hydroxyl groups is 2. The SMILES string of the molecule is C[C](C)C(c1ccccc1O)c1ccccc1O. The van der Waals surface area contributed by atoms with Crippen molar-refractivity contribution in [2.75, 3.05) is 0 Å². The molecule has 0 bridgehead atoms. The Kier molecular flexibility index (Phi) is 3.56. The van der Waals surface area contributed by atoms with Gasteiger partial charge in [0.1, 0.15) is 11.5 Å². The van der Waals surface area contributed by atoms with E-state index in [1.165, 1.54) is 0 Å². The summed E-state index contributed by atoms with van der Waals surface area (Å²) in [4.78, 5) is 0. The van der Waals surface area contributed by atoms with E-state index in [-0.39, 0.29) is 17.4 Å². The molecule has 1 radical (unpaired) electrons. The number of phenolic OH excluding ortho intramolecular Hbond substituents is 2. The molecule has 0 unspecified atom stereocenters. The summed E-state index contributed by atoms with van der Waals surface area (Å²) >= 11 is 0. The van der Waals surface area contributed by atoms with E-state index < -0.39 is 0 Å². The first-order valence-corrected chi connectivity index (χ1v) is 5.97. The summed E-state index contributed by atoms with van der Waals surface area (Å²) in [5.74, 6) is 1.55. The number of hydrogen-bond donors (Lipinski definition) is 2. The standard InChI is InChI=1S/C16H17O2/c1-11(2)16(12-7-3-5-9-14(12)17)13-8-4-6-10-15(13)18/h3-10,16-18H,1-2H3. The van der Waals surface area contributed by atoms with Crippen LogP contribution in [0.4, 0.5) is 0 Å². The summed E-state index contributed by atoms with van der Waals surface area (Å²) in [7, 11) is 0. The van der Waals surface area contributed by atoms with Crippen molar-refractivity contribution in [3.63, 3.8) is 0 Å². The molecule has 93 valence electrons. The van der Waals surface area contributed by atoms with Gasteiger partial charge in [0.15, 0.2) is 0 Å². The van der Waals surface area contributed by atoms with Crippen molar-refractivity contribution in [3.05, 3.63) is 65.6 Å². The van der Waals surface area contributed by atoms with Crippen LogP contribution in [0.5, 0.6) is 11.5 Å². The monoisotopic (exact) mass is 241 g/mol. The predicted octanol–water partition coefficient (Wildman–Crippen LogP) is 3.84. The van der Waals surface area contributed by atoms with E-state index >= 15 is 0 Å². The molecule has 0 heterocycles. The number of benzene rings is 2. The van der Waals surface area contributed by atoms with E-state index in [4.69, 9.17) is 0 Å². The lowest BCUT2D eigenvalue weighted by molar-refractivity contribution is 0.455. The molecule has 0 aliphatic rings. The fourth-order valence-electron chi connectivity index (χ4n) is 2.25. The lowest BCUT2D eigenvalue weighted by Crippen LogP contribution is -2.07. The number of para-hydroxylation sites is 2. The second-order valence-electron chi connectivity index (χ2n) is 4.63. The summed E-state index contributed by atoms with van der Waals surface area (Å²) in [6.45, 7) is 4.01. The Bertz CT molecular complexity index is 487.